The quantitative estimate of drug-likeness (QED) is 0.662. The van der Waals surface area contributed by atoms with Gasteiger partial charge in [-0.2, -0.15) is 0 Å². The van der Waals surface area contributed by atoms with Crippen molar-refractivity contribution < 1.29 is 9.85 Å². The molecule has 8 heteroatoms. The summed E-state index contributed by atoms with van der Waals surface area (Å²) in [6.07, 6.45) is 0. The predicted octanol–water partition coefficient (Wildman–Crippen LogP) is 2.98. The highest BCUT2D eigenvalue weighted by Gasteiger charge is 2.26. The van der Waals surface area contributed by atoms with Crippen LogP contribution in [-0.2, 0) is 0 Å². The molecule has 0 saturated carbocycles. The lowest BCUT2D eigenvalue weighted by Gasteiger charge is -2.10. The molecule has 0 aromatic heterocycles. The minimum absolute atomic E-state index is 0.0438. The normalized spacial score (nSPS) is 10.4. The Balaban J connectivity index is 3.47. The third kappa shape index (κ3) is 3.04. The number of nitro groups is 2. The van der Waals surface area contributed by atoms with E-state index in [1.165, 1.54) is 0 Å². The van der Waals surface area contributed by atoms with Gasteiger partial charge in [0.2, 0.25) is 0 Å². The van der Waals surface area contributed by atoms with Gasteiger partial charge in [0, 0.05) is 18.2 Å². The number of rotatable bonds is 4. The van der Waals surface area contributed by atoms with Gasteiger partial charge >= 0.3 is 11.4 Å². The van der Waals surface area contributed by atoms with E-state index in [0.29, 0.717) is 0 Å². The number of nitrogens with one attached hydrogen (secondary N) is 1. The minimum Gasteiger partial charge on any atom is -0.372 e. The molecule has 0 atom stereocenters. The van der Waals surface area contributed by atoms with Crippen molar-refractivity contribution in [2.45, 2.75) is 19.9 Å². The molecule has 0 fully saturated rings. The summed E-state index contributed by atoms with van der Waals surface area (Å²) in [4.78, 5) is 20.2. The van der Waals surface area contributed by atoms with Crippen LogP contribution in [0.1, 0.15) is 13.8 Å². The average Bonchev–Trinajstić information content (AvgIpc) is 2.18. The van der Waals surface area contributed by atoms with Gasteiger partial charge in [-0.1, -0.05) is 11.6 Å². The molecule has 0 heterocycles. The molecule has 1 aromatic carbocycles. The fourth-order valence-electron chi connectivity index (χ4n) is 1.30. The largest absolute Gasteiger partial charge is 0.372 e. The first-order valence-corrected chi connectivity index (χ1v) is 5.09. The molecule has 1 aromatic rings. The van der Waals surface area contributed by atoms with Crippen LogP contribution < -0.4 is 5.32 Å². The number of nitrogens with zero attached hydrogens (tertiary/aromatic N) is 2. The van der Waals surface area contributed by atoms with Crippen molar-refractivity contribution in [2.75, 3.05) is 5.32 Å². The molecule has 0 aliphatic carbocycles. The Kier molecular flexibility index (Phi) is 3.84. The Bertz CT molecular complexity index is 440. The summed E-state index contributed by atoms with van der Waals surface area (Å²) in [6.45, 7) is 3.45. The van der Waals surface area contributed by atoms with Gasteiger partial charge < -0.3 is 5.32 Å². The molecule has 92 valence electrons. The fourth-order valence-corrected chi connectivity index (χ4v) is 1.51. The average molecular weight is 260 g/mol. The van der Waals surface area contributed by atoms with Crippen LogP contribution in [0.4, 0.5) is 17.1 Å². The number of hydrogen-bond acceptors (Lipinski definition) is 5. The maximum Gasteiger partial charge on any atom is 0.300 e. The first kappa shape index (κ1) is 13.2. The molecule has 7 nitrogen and oxygen atoms in total. The molecule has 0 bridgehead atoms. The molecule has 0 amide bonds. The maximum absolute atomic E-state index is 10.8. The molecule has 1 rings (SSSR count). The molecule has 0 radical (unpaired) electrons. The Morgan fingerprint density at radius 2 is 1.59 bits per heavy atom. The van der Waals surface area contributed by atoms with E-state index in [1.807, 2.05) is 0 Å². The highest BCUT2D eigenvalue weighted by molar-refractivity contribution is 6.31. The smallest absolute Gasteiger partial charge is 0.300 e. The van der Waals surface area contributed by atoms with Crippen LogP contribution in [0, 0.1) is 20.2 Å². The SMILES string of the molecule is CC(C)Nc1c([N+](=O)[O-])cc(Cl)cc1[N+](=O)[O-]. The molecule has 1 N–H and O–H groups in total. The van der Waals surface area contributed by atoms with Gasteiger partial charge in [0.15, 0.2) is 5.69 Å². The van der Waals surface area contributed by atoms with Gasteiger partial charge in [-0.05, 0) is 13.8 Å². The van der Waals surface area contributed by atoms with Crippen molar-refractivity contribution in [3.8, 4) is 0 Å². The van der Waals surface area contributed by atoms with Crippen molar-refractivity contribution in [3.05, 3.63) is 37.4 Å². The molecule has 17 heavy (non-hydrogen) atoms. The van der Waals surface area contributed by atoms with Crippen LogP contribution in [0.3, 0.4) is 0 Å². The third-order valence-corrected chi connectivity index (χ3v) is 2.11. The van der Waals surface area contributed by atoms with Gasteiger partial charge in [-0.25, -0.2) is 0 Å². The van der Waals surface area contributed by atoms with Crippen LogP contribution in [0.15, 0.2) is 12.1 Å². The van der Waals surface area contributed by atoms with E-state index in [9.17, 15) is 20.2 Å². The Morgan fingerprint density at radius 1 is 1.18 bits per heavy atom. The van der Waals surface area contributed by atoms with E-state index in [-0.39, 0.29) is 16.8 Å². The number of anilines is 1. The van der Waals surface area contributed by atoms with Crippen LogP contribution in [0.2, 0.25) is 5.02 Å². The molecule has 0 spiro atoms. The van der Waals surface area contributed by atoms with Gasteiger partial charge in [0.1, 0.15) is 0 Å². The number of nitro benzene ring substituents is 2. The maximum atomic E-state index is 10.8. The Morgan fingerprint density at radius 3 is 1.88 bits per heavy atom. The number of benzene rings is 1. The first-order chi connectivity index (χ1) is 7.82. The number of hydrogen-bond donors (Lipinski definition) is 1. The summed E-state index contributed by atoms with van der Waals surface area (Å²) < 4.78 is 0. The van der Waals surface area contributed by atoms with Crippen LogP contribution >= 0.6 is 11.6 Å². The summed E-state index contributed by atoms with van der Waals surface area (Å²) in [5, 5.41) is 24.3. The van der Waals surface area contributed by atoms with Gasteiger partial charge in [0.25, 0.3) is 0 Å². The highest BCUT2D eigenvalue weighted by atomic mass is 35.5. The monoisotopic (exact) mass is 259 g/mol. The fraction of sp³-hybridized carbons (Fsp3) is 0.333. The Hall–Kier alpha value is -1.89. The van der Waals surface area contributed by atoms with Gasteiger partial charge in [-0.15, -0.1) is 0 Å². The van der Waals surface area contributed by atoms with E-state index in [0.717, 1.165) is 12.1 Å². The van der Waals surface area contributed by atoms with Crippen molar-refractivity contribution in [1.82, 2.24) is 0 Å². The molecular formula is C9H10ClN3O4. The van der Waals surface area contributed by atoms with E-state index in [1.54, 1.807) is 13.8 Å². The predicted molar refractivity (Wildman–Crippen MR) is 63.5 cm³/mol. The zero-order chi connectivity index (χ0) is 13.2. The second kappa shape index (κ2) is 4.96. The number of halogens is 1. The highest BCUT2D eigenvalue weighted by Crippen LogP contribution is 2.37. The van der Waals surface area contributed by atoms with Gasteiger partial charge in [-0.3, -0.25) is 20.2 Å². The lowest BCUT2D eigenvalue weighted by Crippen LogP contribution is -2.13. The summed E-state index contributed by atoms with van der Waals surface area (Å²) in [5.74, 6) is 0. The zero-order valence-electron chi connectivity index (χ0n) is 9.14. The van der Waals surface area contributed by atoms with E-state index in [4.69, 9.17) is 11.6 Å². The van der Waals surface area contributed by atoms with E-state index >= 15 is 0 Å². The lowest BCUT2D eigenvalue weighted by atomic mass is 10.2. The summed E-state index contributed by atoms with van der Waals surface area (Å²) in [7, 11) is 0. The summed E-state index contributed by atoms with van der Waals surface area (Å²) >= 11 is 5.61. The van der Waals surface area contributed by atoms with E-state index < -0.39 is 21.2 Å². The molecule has 0 aliphatic heterocycles. The molecule has 0 saturated heterocycles. The van der Waals surface area contributed by atoms with Gasteiger partial charge in [0.05, 0.1) is 14.9 Å². The van der Waals surface area contributed by atoms with Crippen molar-refractivity contribution in [3.63, 3.8) is 0 Å². The van der Waals surface area contributed by atoms with E-state index in [2.05, 4.69) is 5.32 Å². The minimum atomic E-state index is -0.705. The van der Waals surface area contributed by atoms with Crippen molar-refractivity contribution in [1.29, 1.82) is 0 Å². The lowest BCUT2D eigenvalue weighted by molar-refractivity contribution is -0.392. The molecular weight excluding hydrogens is 250 g/mol. The second-order valence-corrected chi connectivity index (χ2v) is 4.07. The molecule has 0 aliphatic rings. The first-order valence-electron chi connectivity index (χ1n) is 4.71. The second-order valence-electron chi connectivity index (χ2n) is 3.63. The zero-order valence-corrected chi connectivity index (χ0v) is 9.89. The summed E-state index contributed by atoms with van der Waals surface area (Å²) in [6, 6.07) is 1.99. The Labute approximate surface area is 102 Å². The van der Waals surface area contributed by atoms with Crippen LogP contribution in [0.5, 0.6) is 0 Å². The molecule has 0 unspecified atom stereocenters. The topological polar surface area (TPSA) is 98.3 Å². The van der Waals surface area contributed by atoms with Crippen molar-refractivity contribution >= 4 is 28.7 Å². The third-order valence-electron chi connectivity index (χ3n) is 1.89. The van der Waals surface area contributed by atoms with Crippen LogP contribution in [0.25, 0.3) is 0 Å². The summed E-state index contributed by atoms with van der Waals surface area (Å²) in [5.41, 5.74) is -0.935. The van der Waals surface area contributed by atoms with Crippen molar-refractivity contribution in [2.24, 2.45) is 0 Å². The van der Waals surface area contributed by atoms with Crippen LogP contribution in [-0.4, -0.2) is 15.9 Å². The standard InChI is InChI=1S/C9H10ClN3O4/c1-5(2)11-9-7(12(14)15)3-6(10)4-8(9)13(16)17/h3-5,11H,1-2H3.